The molecule has 168 valence electrons. The number of hydrogen-bond acceptors (Lipinski definition) is 6. The first-order valence-electron chi connectivity index (χ1n) is 9.68. The molecule has 0 saturated heterocycles. The quantitative estimate of drug-likeness (QED) is 0.521. The van der Waals surface area contributed by atoms with Gasteiger partial charge in [-0.1, -0.05) is 6.07 Å². The second-order valence-electron chi connectivity index (χ2n) is 7.16. The number of halogens is 3. The number of fused-ring (bicyclic) bond motifs is 1. The molecule has 0 spiro atoms. The topological polar surface area (TPSA) is 86.0 Å². The van der Waals surface area contributed by atoms with Crippen LogP contribution in [0.4, 0.5) is 5.82 Å². The molecule has 1 fully saturated rings. The summed E-state index contributed by atoms with van der Waals surface area (Å²) in [5, 5.41) is 4.58. The van der Waals surface area contributed by atoms with Crippen molar-refractivity contribution in [1.82, 2.24) is 15.0 Å². The molecule has 3 N–H and O–H groups in total. The van der Waals surface area contributed by atoms with Crippen LogP contribution in [0, 0.1) is 0 Å². The number of anilines is 1. The van der Waals surface area contributed by atoms with E-state index in [1.165, 1.54) is 0 Å². The highest BCUT2D eigenvalue weighted by Gasteiger charge is 2.20. The summed E-state index contributed by atoms with van der Waals surface area (Å²) in [5.41, 5.74) is 7.81. The first-order valence-corrected chi connectivity index (χ1v) is 9.68. The third-order valence-electron chi connectivity index (χ3n) is 5.12. The van der Waals surface area contributed by atoms with Gasteiger partial charge in [0, 0.05) is 23.7 Å². The molecule has 2 heterocycles. The minimum Gasteiger partial charge on any atom is -0.497 e. The van der Waals surface area contributed by atoms with Crippen LogP contribution in [-0.4, -0.2) is 34.1 Å². The Bertz CT molecular complexity index is 980. The molecule has 1 aromatic carbocycles. The summed E-state index contributed by atoms with van der Waals surface area (Å²) in [6.07, 6.45) is 9.77. The number of aromatic nitrogens is 3. The molecule has 0 amide bonds. The average molecular weight is 485 g/mol. The largest absolute Gasteiger partial charge is 0.497 e. The standard InChI is InChI=1S/C22H25N5O.3ClH/c1-28-18-10-11-20-19(14-18)22(25-17-7-5-15(23)6-8-17)27-21(26-20)12-9-16-4-2-3-13-24-16;;;/h2-4,9-15,17H,5-8,23H2,1H3,(H,25,26,27);3*1H/t15-,17+;;;. The van der Waals surface area contributed by atoms with E-state index >= 15 is 0 Å². The molecule has 1 aliphatic carbocycles. The van der Waals surface area contributed by atoms with Gasteiger partial charge in [0.2, 0.25) is 0 Å². The lowest BCUT2D eigenvalue weighted by Crippen LogP contribution is -2.33. The van der Waals surface area contributed by atoms with Crippen LogP contribution in [0.3, 0.4) is 0 Å². The second-order valence-corrected chi connectivity index (χ2v) is 7.16. The van der Waals surface area contributed by atoms with Gasteiger partial charge in [-0.15, -0.1) is 37.2 Å². The van der Waals surface area contributed by atoms with Crippen molar-refractivity contribution in [3.63, 3.8) is 0 Å². The minimum absolute atomic E-state index is 0. The van der Waals surface area contributed by atoms with Gasteiger partial charge in [0.05, 0.1) is 18.3 Å². The Morgan fingerprint density at radius 3 is 2.45 bits per heavy atom. The third kappa shape index (κ3) is 6.94. The molecule has 6 nitrogen and oxygen atoms in total. The third-order valence-corrected chi connectivity index (χ3v) is 5.12. The van der Waals surface area contributed by atoms with Gasteiger partial charge in [-0.25, -0.2) is 9.97 Å². The fraction of sp³-hybridized carbons (Fsp3) is 0.318. The van der Waals surface area contributed by atoms with Gasteiger partial charge < -0.3 is 15.8 Å². The van der Waals surface area contributed by atoms with E-state index in [1.54, 1.807) is 13.3 Å². The van der Waals surface area contributed by atoms with Crippen LogP contribution in [0.5, 0.6) is 5.75 Å². The molecule has 4 rings (SSSR count). The zero-order valence-electron chi connectivity index (χ0n) is 17.2. The van der Waals surface area contributed by atoms with Gasteiger partial charge in [-0.2, -0.15) is 0 Å². The molecule has 0 aliphatic heterocycles. The predicted octanol–water partition coefficient (Wildman–Crippen LogP) is 5.15. The smallest absolute Gasteiger partial charge is 0.155 e. The molecule has 1 saturated carbocycles. The summed E-state index contributed by atoms with van der Waals surface area (Å²) in [4.78, 5) is 13.8. The van der Waals surface area contributed by atoms with E-state index in [0.717, 1.165) is 53.8 Å². The molecule has 0 atom stereocenters. The number of benzene rings is 1. The van der Waals surface area contributed by atoms with Crippen molar-refractivity contribution in [3.8, 4) is 5.75 Å². The first kappa shape index (κ1) is 26.9. The maximum absolute atomic E-state index is 6.05. The summed E-state index contributed by atoms with van der Waals surface area (Å²) >= 11 is 0. The Morgan fingerprint density at radius 2 is 1.77 bits per heavy atom. The zero-order chi connectivity index (χ0) is 19.3. The number of nitrogens with zero attached hydrogens (tertiary/aromatic N) is 3. The first-order chi connectivity index (χ1) is 13.7. The summed E-state index contributed by atoms with van der Waals surface area (Å²) in [7, 11) is 1.67. The number of hydrogen-bond donors (Lipinski definition) is 2. The maximum Gasteiger partial charge on any atom is 0.155 e. The lowest BCUT2D eigenvalue weighted by Gasteiger charge is -2.27. The molecule has 2 aromatic heterocycles. The van der Waals surface area contributed by atoms with Gasteiger partial charge in [-0.3, -0.25) is 4.98 Å². The zero-order valence-corrected chi connectivity index (χ0v) is 19.7. The molecule has 0 radical (unpaired) electrons. The van der Waals surface area contributed by atoms with Crippen LogP contribution in [0.2, 0.25) is 0 Å². The highest BCUT2D eigenvalue weighted by molar-refractivity contribution is 5.91. The predicted molar refractivity (Wildman–Crippen MR) is 135 cm³/mol. The van der Waals surface area contributed by atoms with E-state index in [9.17, 15) is 0 Å². The molecular weight excluding hydrogens is 457 g/mol. The fourth-order valence-corrected chi connectivity index (χ4v) is 3.53. The van der Waals surface area contributed by atoms with Crippen LogP contribution in [0.1, 0.15) is 37.2 Å². The summed E-state index contributed by atoms with van der Waals surface area (Å²) < 4.78 is 5.39. The molecule has 9 heteroatoms. The van der Waals surface area contributed by atoms with Crippen molar-refractivity contribution in [2.45, 2.75) is 37.8 Å². The Labute approximate surface area is 201 Å². The van der Waals surface area contributed by atoms with E-state index in [4.69, 9.17) is 20.4 Å². The average Bonchev–Trinajstić information content (AvgIpc) is 2.74. The number of rotatable bonds is 5. The van der Waals surface area contributed by atoms with E-state index in [-0.39, 0.29) is 37.2 Å². The Hall–Kier alpha value is -2.12. The van der Waals surface area contributed by atoms with Crippen molar-refractivity contribution in [3.05, 3.63) is 54.1 Å². The van der Waals surface area contributed by atoms with Crippen molar-refractivity contribution < 1.29 is 4.74 Å². The molecule has 1 aliphatic rings. The Kier molecular flexibility index (Phi) is 11.0. The minimum atomic E-state index is 0. The highest BCUT2D eigenvalue weighted by Crippen LogP contribution is 2.28. The number of ether oxygens (including phenoxy) is 1. The van der Waals surface area contributed by atoms with Crippen molar-refractivity contribution in [2.75, 3.05) is 12.4 Å². The fourth-order valence-electron chi connectivity index (χ4n) is 3.53. The van der Waals surface area contributed by atoms with E-state index in [2.05, 4.69) is 10.3 Å². The summed E-state index contributed by atoms with van der Waals surface area (Å²) in [6, 6.07) is 12.4. The molecule has 0 unspecified atom stereocenters. The number of nitrogens with one attached hydrogen (secondary N) is 1. The summed E-state index contributed by atoms with van der Waals surface area (Å²) in [6.45, 7) is 0. The molecular formula is C22H28Cl3N5O. The van der Waals surface area contributed by atoms with Crippen molar-refractivity contribution in [1.29, 1.82) is 0 Å². The number of pyridine rings is 1. The van der Waals surface area contributed by atoms with Gasteiger partial charge in [0.25, 0.3) is 0 Å². The Morgan fingerprint density at radius 1 is 1.00 bits per heavy atom. The van der Waals surface area contributed by atoms with Crippen LogP contribution < -0.4 is 15.8 Å². The van der Waals surface area contributed by atoms with Crippen LogP contribution in [0.15, 0.2) is 42.6 Å². The van der Waals surface area contributed by atoms with Gasteiger partial charge in [-0.05, 0) is 68.2 Å². The van der Waals surface area contributed by atoms with Crippen LogP contribution in [0.25, 0.3) is 23.1 Å². The maximum atomic E-state index is 6.05. The lowest BCUT2D eigenvalue weighted by molar-refractivity contribution is 0.410. The molecule has 31 heavy (non-hydrogen) atoms. The molecule has 3 aromatic rings. The lowest BCUT2D eigenvalue weighted by atomic mass is 9.92. The second kappa shape index (κ2) is 12.7. The number of nitrogens with two attached hydrogens (primary N) is 1. The monoisotopic (exact) mass is 483 g/mol. The van der Waals surface area contributed by atoms with Gasteiger partial charge >= 0.3 is 0 Å². The SMILES string of the molecule is COc1ccc2nc(C=Cc3ccccn3)nc(N[C@H]3CC[C@@H](N)CC3)c2c1.Cl.Cl.Cl. The van der Waals surface area contributed by atoms with Crippen molar-refractivity contribution >= 4 is 66.1 Å². The van der Waals surface area contributed by atoms with Gasteiger partial charge in [0.1, 0.15) is 11.6 Å². The number of methoxy groups -OCH3 is 1. The summed E-state index contributed by atoms with van der Waals surface area (Å²) in [5.74, 6) is 2.28. The van der Waals surface area contributed by atoms with E-state index in [0.29, 0.717) is 17.9 Å². The van der Waals surface area contributed by atoms with Crippen LogP contribution in [-0.2, 0) is 0 Å². The van der Waals surface area contributed by atoms with E-state index in [1.807, 2.05) is 48.6 Å². The molecule has 0 bridgehead atoms. The Balaban J connectivity index is 0.00000160. The highest BCUT2D eigenvalue weighted by atomic mass is 35.5. The van der Waals surface area contributed by atoms with Crippen LogP contribution >= 0.6 is 37.2 Å². The normalized spacial score (nSPS) is 17.9. The van der Waals surface area contributed by atoms with E-state index < -0.39 is 0 Å². The van der Waals surface area contributed by atoms with Crippen molar-refractivity contribution in [2.24, 2.45) is 5.73 Å². The van der Waals surface area contributed by atoms with Gasteiger partial charge in [0.15, 0.2) is 5.82 Å².